The molecular weight excluding hydrogens is 204 g/mol. The summed E-state index contributed by atoms with van der Waals surface area (Å²) in [6.45, 7) is 4.64. The minimum absolute atomic E-state index is 0.212. The third-order valence-corrected chi connectivity index (χ3v) is 2.24. The largest absolute Gasteiger partial charge is 0.478 e. The lowest BCUT2D eigenvalue weighted by atomic mass is 10.2. The highest BCUT2D eigenvalue weighted by Crippen LogP contribution is 1.99. The van der Waals surface area contributed by atoms with Crippen LogP contribution in [-0.4, -0.2) is 41.1 Å². The van der Waals surface area contributed by atoms with Crippen molar-refractivity contribution in [2.45, 2.75) is 6.42 Å². The Morgan fingerprint density at radius 1 is 1.56 bits per heavy atom. The number of pyridine rings is 1. The summed E-state index contributed by atoms with van der Waals surface area (Å²) in [5, 5.41) is 8.68. The number of carbonyl (C=O) groups is 1. The second-order valence-electron chi connectivity index (χ2n) is 3.72. The van der Waals surface area contributed by atoms with Gasteiger partial charge < -0.3 is 10.0 Å². The average molecular weight is 220 g/mol. The van der Waals surface area contributed by atoms with Crippen molar-refractivity contribution in [1.29, 1.82) is 0 Å². The van der Waals surface area contributed by atoms with E-state index in [0.29, 0.717) is 6.54 Å². The highest BCUT2D eigenvalue weighted by Gasteiger charge is 2.07. The van der Waals surface area contributed by atoms with Crippen LogP contribution in [0.25, 0.3) is 0 Å². The van der Waals surface area contributed by atoms with Crippen LogP contribution in [0.2, 0.25) is 0 Å². The summed E-state index contributed by atoms with van der Waals surface area (Å²) < 4.78 is 0. The summed E-state index contributed by atoms with van der Waals surface area (Å²) in [6, 6.07) is 5.78. The molecule has 4 nitrogen and oxygen atoms in total. The number of hydrogen-bond acceptors (Lipinski definition) is 3. The number of nitrogens with zero attached hydrogens (tertiary/aromatic N) is 2. The molecule has 0 unspecified atom stereocenters. The molecular formula is C12H16N2O2. The Labute approximate surface area is 95.2 Å². The first-order valence-electron chi connectivity index (χ1n) is 5.09. The molecule has 0 atom stereocenters. The normalized spacial score (nSPS) is 10.4. The number of hydrogen-bond donors (Lipinski definition) is 1. The summed E-state index contributed by atoms with van der Waals surface area (Å²) in [4.78, 5) is 16.7. The lowest BCUT2D eigenvalue weighted by molar-refractivity contribution is -0.132. The van der Waals surface area contributed by atoms with Gasteiger partial charge in [0.25, 0.3) is 0 Å². The highest BCUT2D eigenvalue weighted by atomic mass is 16.4. The molecule has 0 aliphatic carbocycles. The van der Waals surface area contributed by atoms with Crippen molar-refractivity contribution in [2.24, 2.45) is 0 Å². The molecule has 0 fully saturated rings. The molecule has 0 amide bonds. The topological polar surface area (TPSA) is 53.4 Å². The first kappa shape index (κ1) is 12.4. The smallest absolute Gasteiger partial charge is 0.332 e. The van der Waals surface area contributed by atoms with Gasteiger partial charge >= 0.3 is 5.97 Å². The Morgan fingerprint density at radius 3 is 2.88 bits per heavy atom. The van der Waals surface area contributed by atoms with Crippen LogP contribution in [0.15, 0.2) is 36.5 Å². The fourth-order valence-corrected chi connectivity index (χ4v) is 1.32. The molecule has 0 aliphatic heterocycles. The molecule has 16 heavy (non-hydrogen) atoms. The predicted octanol–water partition coefficient (Wildman–Crippen LogP) is 1.20. The van der Waals surface area contributed by atoms with Gasteiger partial charge in [-0.1, -0.05) is 12.6 Å². The first-order valence-corrected chi connectivity index (χ1v) is 5.09. The zero-order valence-corrected chi connectivity index (χ0v) is 9.39. The van der Waals surface area contributed by atoms with Crippen molar-refractivity contribution >= 4 is 5.97 Å². The minimum Gasteiger partial charge on any atom is -0.478 e. The Kier molecular flexibility index (Phi) is 4.66. The van der Waals surface area contributed by atoms with Crippen LogP contribution in [0.1, 0.15) is 5.69 Å². The number of likely N-dealkylation sites (N-methyl/N-ethyl adjacent to an activating group) is 1. The van der Waals surface area contributed by atoms with Crippen molar-refractivity contribution in [3.05, 3.63) is 42.2 Å². The van der Waals surface area contributed by atoms with Gasteiger partial charge in [-0.3, -0.25) is 4.98 Å². The summed E-state index contributed by atoms with van der Waals surface area (Å²) in [7, 11) is 1.87. The fourth-order valence-electron chi connectivity index (χ4n) is 1.32. The van der Waals surface area contributed by atoms with E-state index in [9.17, 15) is 4.79 Å². The molecule has 0 spiro atoms. The van der Waals surface area contributed by atoms with Crippen molar-refractivity contribution in [3.63, 3.8) is 0 Å². The second-order valence-corrected chi connectivity index (χ2v) is 3.72. The minimum atomic E-state index is -0.940. The van der Waals surface area contributed by atoms with E-state index >= 15 is 0 Å². The molecule has 1 rings (SSSR count). The van der Waals surface area contributed by atoms with E-state index < -0.39 is 5.97 Å². The summed E-state index contributed by atoms with van der Waals surface area (Å²) in [6.07, 6.45) is 2.57. The lowest BCUT2D eigenvalue weighted by Gasteiger charge is -2.15. The van der Waals surface area contributed by atoms with Crippen molar-refractivity contribution < 1.29 is 9.90 Å². The molecule has 0 aliphatic rings. The summed E-state index contributed by atoms with van der Waals surface area (Å²) in [5.41, 5.74) is 1.22. The van der Waals surface area contributed by atoms with Crippen LogP contribution in [0, 0.1) is 0 Å². The zero-order chi connectivity index (χ0) is 12.0. The zero-order valence-electron chi connectivity index (χ0n) is 9.39. The maximum atomic E-state index is 10.6. The number of rotatable bonds is 6. The first-order chi connectivity index (χ1) is 7.59. The molecule has 0 saturated carbocycles. The van der Waals surface area contributed by atoms with E-state index in [0.717, 1.165) is 18.7 Å². The van der Waals surface area contributed by atoms with Crippen molar-refractivity contribution in [1.82, 2.24) is 9.88 Å². The van der Waals surface area contributed by atoms with Crippen LogP contribution in [0.5, 0.6) is 0 Å². The SMILES string of the molecule is C=C(CN(C)CCc1ccccn1)C(=O)O. The van der Waals surface area contributed by atoms with Gasteiger partial charge in [-0.05, 0) is 19.2 Å². The van der Waals surface area contributed by atoms with Crippen LogP contribution < -0.4 is 0 Å². The Hall–Kier alpha value is -1.68. The second kappa shape index (κ2) is 6.02. The molecule has 1 heterocycles. The molecule has 1 aromatic heterocycles. The monoisotopic (exact) mass is 220 g/mol. The van der Waals surface area contributed by atoms with Crippen molar-refractivity contribution in [3.8, 4) is 0 Å². The third kappa shape index (κ3) is 4.23. The van der Waals surface area contributed by atoms with Gasteiger partial charge in [0.05, 0.1) is 0 Å². The number of aliphatic carboxylic acids is 1. The Balaban J connectivity index is 2.33. The van der Waals surface area contributed by atoms with E-state index in [1.165, 1.54) is 0 Å². The Morgan fingerprint density at radius 2 is 2.31 bits per heavy atom. The summed E-state index contributed by atoms with van der Waals surface area (Å²) >= 11 is 0. The van der Waals surface area contributed by atoms with Gasteiger partial charge in [-0.15, -0.1) is 0 Å². The molecule has 1 aromatic rings. The van der Waals surface area contributed by atoms with E-state index in [2.05, 4.69) is 11.6 Å². The number of aromatic nitrogens is 1. The van der Waals surface area contributed by atoms with Crippen LogP contribution >= 0.6 is 0 Å². The number of carboxylic acid groups (broad SMARTS) is 1. The molecule has 0 aromatic carbocycles. The quantitative estimate of drug-likeness (QED) is 0.732. The highest BCUT2D eigenvalue weighted by molar-refractivity contribution is 5.86. The lowest BCUT2D eigenvalue weighted by Crippen LogP contribution is -2.26. The molecule has 1 N–H and O–H groups in total. The van der Waals surface area contributed by atoms with Crippen LogP contribution in [-0.2, 0) is 11.2 Å². The Bertz CT molecular complexity index is 363. The average Bonchev–Trinajstić information content (AvgIpc) is 2.27. The maximum absolute atomic E-state index is 10.6. The predicted molar refractivity (Wildman–Crippen MR) is 62.2 cm³/mol. The van der Waals surface area contributed by atoms with Gasteiger partial charge in [-0.2, -0.15) is 0 Å². The van der Waals surface area contributed by atoms with Gasteiger partial charge in [0, 0.05) is 37.0 Å². The van der Waals surface area contributed by atoms with Gasteiger partial charge in [0.15, 0.2) is 0 Å². The van der Waals surface area contributed by atoms with Gasteiger partial charge in [-0.25, -0.2) is 4.79 Å². The number of carboxylic acids is 1. The molecule has 0 bridgehead atoms. The van der Waals surface area contributed by atoms with E-state index in [1.54, 1.807) is 6.20 Å². The molecule has 4 heteroatoms. The van der Waals surface area contributed by atoms with E-state index in [4.69, 9.17) is 5.11 Å². The standard InChI is InChI=1S/C12H16N2O2/c1-10(12(15)16)9-14(2)8-6-11-5-3-4-7-13-11/h3-5,7H,1,6,8-9H2,2H3,(H,15,16). The summed E-state index contributed by atoms with van der Waals surface area (Å²) in [5.74, 6) is -0.940. The van der Waals surface area contributed by atoms with Gasteiger partial charge in [0.1, 0.15) is 0 Å². The maximum Gasteiger partial charge on any atom is 0.332 e. The van der Waals surface area contributed by atoms with Crippen LogP contribution in [0.3, 0.4) is 0 Å². The fraction of sp³-hybridized carbons (Fsp3) is 0.333. The van der Waals surface area contributed by atoms with Crippen molar-refractivity contribution in [2.75, 3.05) is 20.1 Å². The van der Waals surface area contributed by atoms with E-state index in [1.807, 2.05) is 30.1 Å². The molecule has 0 radical (unpaired) electrons. The molecule has 86 valence electrons. The van der Waals surface area contributed by atoms with E-state index in [-0.39, 0.29) is 5.57 Å². The van der Waals surface area contributed by atoms with Crippen LogP contribution in [0.4, 0.5) is 0 Å². The molecule has 0 saturated heterocycles. The third-order valence-electron chi connectivity index (χ3n) is 2.24. The van der Waals surface area contributed by atoms with Gasteiger partial charge in [0.2, 0.25) is 0 Å².